The zero-order valence-electron chi connectivity index (χ0n) is 15.2. The average Bonchev–Trinajstić information content (AvgIpc) is 2.70. The Labute approximate surface area is 173 Å². The Balaban J connectivity index is 1.80. The van der Waals surface area contributed by atoms with Gasteiger partial charge in [0.15, 0.2) is 0 Å². The van der Waals surface area contributed by atoms with Crippen LogP contribution < -0.4 is 10.1 Å². The van der Waals surface area contributed by atoms with Crippen LogP contribution in [0.4, 0.5) is 5.69 Å². The minimum Gasteiger partial charge on any atom is -0.497 e. The average molecular weight is 459 g/mol. The fourth-order valence-electron chi connectivity index (χ4n) is 3.31. The number of ether oxygens (including phenoxy) is 1. The summed E-state index contributed by atoms with van der Waals surface area (Å²) in [5.74, 6) is 0.734. The SMILES string of the molecule is COc1ccc(CN2[C@@H](c3cccc(Br)c3)Nc3ccccc3S2(=O)=O)cc1. The van der Waals surface area contributed by atoms with Gasteiger partial charge in [-0.05, 0) is 47.5 Å². The van der Waals surface area contributed by atoms with E-state index in [0.717, 1.165) is 21.3 Å². The van der Waals surface area contributed by atoms with Gasteiger partial charge in [0.05, 0.1) is 12.8 Å². The zero-order chi connectivity index (χ0) is 19.7. The third-order valence-electron chi connectivity index (χ3n) is 4.72. The zero-order valence-corrected chi connectivity index (χ0v) is 17.6. The molecule has 7 heteroatoms. The van der Waals surface area contributed by atoms with Gasteiger partial charge in [-0.2, -0.15) is 4.31 Å². The van der Waals surface area contributed by atoms with Crippen molar-refractivity contribution in [1.82, 2.24) is 4.31 Å². The first-order valence-corrected chi connectivity index (χ1v) is 11.0. The number of sulfonamides is 1. The second kappa shape index (κ2) is 7.58. The van der Waals surface area contributed by atoms with Crippen LogP contribution >= 0.6 is 15.9 Å². The van der Waals surface area contributed by atoms with Crippen LogP contribution in [0.5, 0.6) is 5.75 Å². The Kier molecular flexibility index (Phi) is 5.14. The summed E-state index contributed by atoms with van der Waals surface area (Å²) in [5, 5.41) is 3.39. The van der Waals surface area contributed by atoms with Crippen molar-refractivity contribution in [3.8, 4) is 5.75 Å². The highest BCUT2D eigenvalue weighted by Gasteiger charge is 2.38. The maximum atomic E-state index is 13.4. The predicted octanol–water partition coefficient (Wildman–Crippen LogP) is 4.77. The molecule has 1 N–H and O–H groups in total. The number of hydrogen-bond donors (Lipinski definition) is 1. The summed E-state index contributed by atoms with van der Waals surface area (Å²) in [7, 11) is -2.08. The van der Waals surface area contributed by atoms with Gasteiger partial charge in [-0.1, -0.05) is 52.3 Å². The van der Waals surface area contributed by atoms with Crippen LogP contribution in [0.3, 0.4) is 0 Å². The van der Waals surface area contributed by atoms with Gasteiger partial charge in [0, 0.05) is 11.0 Å². The van der Waals surface area contributed by atoms with E-state index < -0.39 is 16.2 Å². The summed E-state index contributed by atoms with van der Waals surface area (Å²) in [4.78, 5) is 0.287. The normalized spacial score (nSPS) is 18.1. The Bertz CT molecular complexity index is 1100. The van der Waals surface area contributed by atoms with Gasteiger partial charge in [-0.3, -0.25) is 0 Å². The lowest BCUT2D eigenvalue weighted by Crippen LogP contribution is -2.42. The smallest absolute Gasteiger partial charge is 0.247 e. The third kappa shape index (κ3) is 3.53. The van der Waals surface area contributed by atoms with Crippen LogP contribution in [0, 0.1) is 0 Å². The molecule has 0 aromatic heterocycles. The van der Waals surface area contributed by atoms with Gasteiger partial charge >= 0.3 is 0 Å². The van der Waals surface area contributed by atoms with E-state index in [4.69, 9.17) is 4.74 Å². The van der Waals surface area contributed by atoms with Crippen LogP contribution in [0.15, 0.2) is 82.2 Å². The summed E-state index contributed by atoms with van der Waals surface area (Å²) in [6, 6.07) is 22.1. The van der Waals surface area contributed by atoms with Gasteiger partial charge in [0.2, 0.25) is 10.0 Å². The number of halogens is 1. The van der Waals surface area contributed by atoms with Crippen molar-refractivity contribution in [2.24, 2.45) is 0 Å². The van der Waals surface area contributed by atoms with Gasteiger partial charge in [0.1, 0.15) is 16.8 Å². The molecule has 0 spiro atoms. The molecule has 0 saturated heterocycles. The van der Waals surface area contributed by atoms with Crippen LogP contribution in [0.25, 0.3) is 0 Å². The molecule has 0 fully saturated rings. The van der Waals surface area contributed by atoms with Gasteiger partial charge in [0.25, 0.3) is 0 Å². The van der Waals surface area contributed by atoms with Crippen molar-refractivity contribution in [3.05, 3.63) is 88.4 Å². The van der Waals surface area contributed by atoms with Crippen molar-refractivity contribution in [2.45, 2.75) is 17.6 Å². The number of rotatable bonds is 4. The molecule has 0 bridgehead atoms. The maximum Gasteiger partial charge on any atom is 0.247 e. The first kappa shape index (κ1) is 19.0. The molecule has 0 unspecified atom stereocenters. The van der Waals surface area contributed by atoms with E-state index in [1.807, 2.05) is 54.6 Å². The first-order valence-electron chi connectivity index (χ1n) is 8.75. The molecule has 1 atom stereocenters. The van der Waals surface area contributed by atoms with Crippen LogP contribution in [0.1, 0.15) is 17.3 Å². The molecule has 144 valence electrons. The highest BCUT2D eigenvalue weighted by Crippen LogP contribution is 2.39. The molecule has 0 saturated carbocycles. The van der Waals surface area contributed by atoms with Crippen LogP contribution in [-0.2, 0) is 16.6 Å². The lowest BCUT2D eigenvalue weighted by Gasteiger charge is -2.37. The highest BCUT2D eigenvalue weighted by atomic mass is 79.9. The molecule has 1 heterocycles. The van der Waals surface area contributed by atoms with Crippen LogP contribution in [0.2, 0.25) is 0 Å². The van der Waals surface area contributed by atoms with E-state index in [1.54, 1.807) is 25.3 Å². The van der Waals surface area contributed by atoms with Crippen molar-refractivity contribution >= 4 is 31.6 Å². The molecule has 3 aromatic rings. The Morgan fingerprint density at radius 1 is 1.04 bits per heavy atom. The van der Waals surface area contributed by atoms with Crippen LogP contribution in [-0.4, -0.2) is 19.8 Å². The molecule has 5 nitrogen and oxygen atoms in total. The summed E-state index contributed by atoms with van der Waals surface area (Å²) in [6.45, 7) is 0.241. The second-order valence-electron chi connectivity index (χ2n) is 6.50. The predicted molar refractivity (Wildman–Crippen MR) is 113 cm³/mol. The summed E-state index contributed by atoms with van der Waals surface area (Å²) >= 11 is 3.48. The second-order valence-corrected chi connectivity index (χ2v) is 9.27. The molecule has 1 aliphatic rings. The molecule has 3 aromatic carbocycles. The van der Waals surface area contributed by atoms with E-state index >= 15 is 0 Å². The Morgan fingerprint density at radius 2 is 1.79 bits per heavy atom. The molecule has 0 aliphatic carbocycles. The van der Waals surface area contributed by atoms with E-state index in [2.05, 4.69) is 21.2 Å². The number of nitrogens with one attached hydrogen (secondary N) is 1. The van der Waals surface area contributed by atoms with Crippen molar-refractivity contribution in [3.63, 3.8) is 0 Å². The summed E-state index contributed by atoms with van der Waals surface area (Å²) < 4.78 is 34.5. The number of anilines is 1. The molecule has 4 rings (SSSR count). The fraction of sp³-hybridized carbons (Fsp3) is 0.143. The lowest BCUT2D eigenvalue weighted by molar-refractivity contribution is 0.336. The molecule has 0 radical (unpaired) electrons. The Morgan fingerprint density at radius 3 is 2.50 bits per heavy atom. The van der Waals surface area contributed by atoms with Gasteiger partial charge < -0.3 is 10.1 Å². The van der Waals surface area contributed by atoms with E-state index in [-0.39, 0.29) is 11.4 Å². The topological polar surface area (TPSA) is 58.6 Å². The molecular weight excluding hydrogens is 440 g/mol. The summed E-state index contributed by atoms with van der Waals surface area (Å²) in [5.41, 5.74) is 2.35. The Hall–Kier alpha value is -2.35. The quantitative estimate of drug-likeness (QED) is 0.611. The standard InChI is InChI=1S/C21H19BrN2O3S/c1-27-18-11-9-15(10-12-18)14-24-21(16-5-4-6-17(22)13-16)23-19-7-2-3-8-20(19)28(24,25)26/h2-13,21,23H,14H2,1H3/t21-/m0/s1. The monoisotopic (exact) mass is 458 g/mol. The highest BCUT2D eigenvalue weighted by molar-refractivity contribution is 9.10. The largest absolute Gasteiger partial charge is 0.497 e. The minimum absolute atomic E-state index is 0.241. The van der Waals surface area contributed by atoms with E-state index in [0.29, 0.717) is 5.69 Å². The number of hydrogen-bond acceptors (Lipinski definition) is 4. The first-order chi connectivity index (χ1) is 13.5. The lowest BCUT2D eigenvalue weighted by atomic mass is 10.1. The van der Waals surface area contributed by atoms with Gasteiger partial charge in [-0.25, -0.2) is 8.42 Å². The maximum absolute atomic E-state index is 13.4. The minimum atomic E-state index is -3.68. The van der Waals surface area contributed by atoms with E-state index in [1.165, 1.54) is 4.31 Å². The molecule has 1 aliphatic heterocycles. The van der Waals surface area contributed by atoms with Crippen molar-refractivity contribution < 1.29 is 13.2 Å². The molecule has 28 heavy (non-hydrogen) atoms. The van der Waals surface area contributed by atoms with Gasteiger partial charge in [-0.15, -0.1) is 0 Å². The number of para-hydroxylation sites is 1. The fourth-order valence-corrected chi connectivity index (χ4v) is 5.40. The number of fused-ring (bicyclic) bond motifs is 1. The number of nitrogens with zero attached hydrogens (tertiary/aromatic N) is 1. The van der Waals surface area contributed by atoms with Crippen molar-refractivity contribution in [1.29, 1.82) is 0 Å². The summed E-state index contributed by atoms with van der Waals surface area (Å²) in [6.07, 6.45) is -0.514. The van der Waals surface area contributed by atoms with E-state index in [9.17, 15) is 8.42 Å². The number of benzene rings is 3. The molecule has 0 amide bonds. The third-order valence-corrected chi connectivity index (χ3v) is 7.08. The molecular formula is C21H19BrN2O3S. The number of methoxy groups -OCH3 is 1. The van der Waals surface area contributed by atoms with Crippen molar-refractivity contribution in [2.75, 3.05) is 12.4 Å².